The number of hydrogen-bond donors (Lipinski definition) is 7. The van der Waals surface area contributed by atoms with Gasteiger partial charge < -0.3 is 10.7 Å². The van der Waals surface area contributed by atoms with E-state index in [0.29, 0.717) is 22.8 Å². The van der Waals surface area contributed by atoms with Crippen molar-refractivity contribution in [3.8, 4) is 0 Å². The van der Waals surface area contributed by atoms with E-state index in [1.54, 1.807) is 23.5 Å². The minimum atomic E-state index is -3.85. The van der Waals surface area contributed by atoms with Crippen molar-refractivity contribution in [3.63, 3.8) is 0 Å². The Kier molecular flexibility index (Phi) is 7.82. The van der Waals surface area contributed by atoms with E-state index in [2.05, 4.69) is 21.7 Å². The Labute approximate surface area is 225 Å². The maximum atomic E-state index is 11.5. The predicted octanol–water partition coefficient (Wildman–Crippen LogP) is -0.0265. The normalized spacial score (nSPS) is 14.9. The molecule has 0 saturated carbocycles. The number of hydrazine groups is 4. The second kappa shape index (κ2) is 10.8. The first-order chi connectivity index (χ1) is 18.2. The number of nitrogens with zero attached hydrogens (tertiary/aromatic N) is 2. The highest BCUT2D eigenvalue weighted by Crippen LogP contribution is 2.20. The average Bonchev–Trinajstić information content (AvgIpc) is 2.83. The summed E-state index contributed by atoms with van der Waals surface area (Å²) in [4.78, 5) is -0.132. The van der Waals surface area contributed by atoms with Crippen LogP contribution >= 0.6 is 0 Å². The molecule has 1 heterocycles. The first-order valence-electron chi connectivity index (χ1n) is 10.9. The lowest BCUT2D eigenvalue weighted by Gasteiger charge is -2.37. The molecule has 3 aromatic rings. The van der Waals surface area contributed by atoms with Crippen molar-refractivity contribution >= 4 is 47.1 Å². The number of benzene rings is 3. The second-order valence-electron chi connectivity index (χ2n) is 8.27. The molecule has 18 heteroatoms. The number of rotatable bonds is 9. The first-order valence-corrected chi connectivity index (χ1v) is 15.5. The van der Waals surface area contributed by atoms with Crippen LogP contribution in [0.4, 0.5) is 17.1 Å². The van der Waals surface area contributed by atoms with Crippen LogP contribution < -0.4 is 37.1 Å². The molecule has 1 aliphatic heterocycles. The predicted molar refractivity (Wildman–Crippen MR) is 144 cm³/mol. The Bertz CT molecular complexity index is 1690. The van der Waals surface area contributed by atoms with Gasteiger partial charge in [-0.3, -0.25) is 5.43 Å². The Hall–Kier alpha value is -3.75. The molecule has 0 amide bonds. The maximum absolute atomic E-state index is 11.5. The fourth-order valence-electron chi connectivity index (χ4n) is 3.40. The third-order valence-corrected chi connectivity index (χ3v) is 8.00. The van der Waals surface area contributed by atoms with Crippen molar-refractivity contribution in [1.82, 2.24) is 15.8 Å². The van der Waals surface area contributed by atoms with Gasteiger partial charge in [-0.05, 0) is 72.8 Å². The minimum absolute atomic E-state index is 0.0372. The molecule has 208 valence electrons. The first kappa shape index (κ1) is 28.3. The van der Waals surface area contributed by atoms with Crippen LogP contribution in [0.25, 0.3) is 0 Å². The van der Waals surface area contributed by atoms with Gasteiger partial charge in [-0.25, -0.2) is 45.8 Å². The molecule has 3 aromatic carbocycles. The lowest BCUT2D eigenvalue weighted by molar-refractivity contribution is 0.0930. The molecule has 0 bridgehead atoms. The molecule has 0 spiro atoms. The van der Waals surface area contributed by atoms with Crippen LogP contribution in [-0.2, 0) is 30.1 Å². The summed E-state index contributed by atoms with van der Waals surface area (Å²) in [6.45, 7) is 0.246. The summed E-state index contributed by atoms with van der Waals surface area (Å²) in [5, 5.41) is 21.7. The number of anilines is 3. The molecule has 1 aliphatic rings. The summed E-state index contributed by atoms with van der Waals surface area (Å²) >= 11 is 0. The number of sulfonamides is 3. The average molecular weight is 596 g/mol. The third kappa shape index (κ3) is 7.65. The fraction of sp³-hybridized carbons (Fsp3) is 0.0476. The van der Waals surface area contributed by atoms with Crippen LogP contribution in [0.15, 0.2) is 99.4 Å². The van der Waals surface area contributed by atoms with Gasteiger partial charge >= 0.3 is 0 Å². The number of nitrogens with one attached hydrogen (secondary N) is 4. The van der Waals surface area contributed by atoms with Gasteiger partial charge in [0.2, 0.25) is 30.1 Å². The summed E-state index contributed by atoms with van der Waals surface area (Å²) in [5.41, 5.74) is 11.4. The molecule has 0 aliphatic carbocycles. The van der Waals surface area contributed by atoms with Gasteiger partial charge in [0.25, 0.3) is 0 Å². The van der Waals surface area contributed by atoms with Crippen LogP contribution in [0.2, 0.25) is 0 Å². The van der Waals surface area contributed by atoms with Gasteiger partial charge in [-0.15, -0.1) is 10.7 Å². The molecule has 0 atom stereocenters. The molecular formula is C21H25N9O6S3. The van der Waals surface area contributed by atoms with Crippen molar-refractivity contribution in [1.29, 1.82) is 0 Å². The van der Waals surface area contributed by atoms with Gasteiger partial charge in [0, 0.05) is 5.69 Å². The van der Waals surface area contributed by atoms with Crippen LogP contribution in [0.1, 0.15) is 0 Å². The maximum Gasteiger partial charge on any atom is 0.238 e. The number of primary sulfonamides is 3. The van der Waals surface area contributed by atoms with E-state index in [9.17, 15) is 25.3 Å². The molecule has 0 fully saturated rings. The van der Waals surface area contributed by atoms with E-state index in [0.717, 1.165) is 0 Å². The monoisotopic (exact) mass is 595 g/mol. The smallest absolute Gasteiger partial charge is 0.238 e. The van der Waals surface area contributed by atoms with Crippen LogP contribution in [0.5, 0.6) is 0 Å². The second-order valence-corrected chi connectivity index (χ2v) is 13.0. The Balaban J connectivity index is 1.55. The Morgan fingerprint density at radius 2 is 0.974 bits per heavy atom. The standard InChI is InChI=1S/C21H25N9O6S3/c22-37(31,32)19-7-1-15(2-8-19)25-18-13-29(26-16-3-9-20(10-4-16)38(23,33)34)28-30(14-18)27-17-5-11-21(12-6-17)39(24,35)36/h1-13,25-28H,14H2,(H2,22,31,32)(H2,23,33,34)(H2,24,35,36). The molecule has 0 aromatic heterocycles. The van der Waals surface area contributed by atoms with Gasteiger partial charge in [0.05, 0.1) is 44.5 Å². The van der Waals surface area contributed by atoms with Gasteiger partial charge in [-0.1, -0.05) is 0 Å². The summed E-state index contributed by atoms with van der Waals surface area (Å²) in [7, 11) is -11.5. The van der Waals surface area contributed by atoms with Gasteiger partial charge in [0.15, 0.2) is 0 Å². The molecular weight excluding hydrogens is 570 g/mol. The van der Waals surface area contributed by atoms with E-state index in [4.69, 9.17) is 15.4 Å². The van der Waals surface area contributed by atoms with E-state index >= 15 is 0 Å². The quantitative estimate of drug-likeness (QED) is 0.173. The van der Waals surface area contributed by atoms with Crippen molar-refractivity contribution in [2.24, 2.45) is 15.4 Å². The molecule has 0 unspecified atom stereocenters. The van der Waals surface area contributed by atoms with E-state index < -0.39 is 30.1 Å². The lowest BCUT2D eigenvalue weighted by Crippen LogP contribution is -2.56. The summed E-state index contributed by atoms with van der Waals surface area (Å²) < 4.78 is 69.3. The summed E-state index contributed by atoms with van der Waals surface area (Å²) in [5.74, 6) is 0. The van der Waals surface area contributed by atoms with Gasteiger partial charge in [0.1, 0.15) is 0 Å². The minimum Gasteiger partial charge on any atom is -0.356 e. The topological polar surface area (TPSA) is 235 Å². The zero-order valence-electron chi connectivity index (χ0n) is 20.0. The Morgan fingerprint density at radius 1 is 0.590 bits per heavy atom. The zero-order chi connectivity index (χ0) is 28.4. The van der Waals surface area contributed by atoms with Gasteiger partial charge in [-0.2, -0.15) is 0 Å². The summed E-state index contributed by atoms with van der Waals surface area (Å²) in [6, 6.07) is 17.3. The molecule has 0 saturated heterocycles. The van der Waals surface area contributed by atoms with Crippen molar-refractivity contribution in [2.45, 2.75) is 14.7 Å². The van der Waals surface area contributed by atoms with E-state index in [-0.39, 0.29) is 21.2 Å². The highest BCUT2D eigenvalue weighted by atomic mass is 32.2. The molecule has 0 radical (unpaired) electrons. The van der Waals surface area contributed by atoms with Crippen LogP contribution in [0, 0.1) is 0 Å². The Morgan fingerprint density at radius 3 is 1.38 bits per heavy atom. The fourth-order valence-corrected chi connectivity index (χ4v) is 4.95. The number of hydrogen-bond acceptors (Lipinski definition) is 12. The lowest BCUT2D eigenvalue weighted by atomic mass is 10.3. The highest BCUT2D eigenvalue weighted by molar-refractivity contribution is 7.89. The van der Waals surface area contributed by atoms with Crippen molar-refractivity contribution in [3.05, 3.63) is 84.7 Å². The molecule has 15 nitrogen and oxygen atoms in total. The molecule has 39 heavy (non-hydrogen) atoms. The highest BCUT2D eigenvalue weighted by Gasteiger charge is 2.19. The molecule has 10 N–H and O–H groups in total. The zero-order valence-corrected chi connectivity index (χ0v) is 22.5. The van der Waals surface area contributed by atoms with Crippen LogP contribution in [-0.4, -0.2) is 42.0 Å². The third-order valence-electron chi connectivity index (χ3n) is 5.21. The van der Waals surface area contributed by atoms with Crippen molar-refractivity contribution in [2.75, 3.05) is 22.7 Å². The number of nitrogens with two attached hydrogens (primary N) is 3. The molecule has 4 rings (SSSR count). The van der Waals surface area contributed by atoms with E-state index in [1.165, 1.54) is 65.8 Å². The SMILES string of the molecule is NS(=O)(=O)c1ccc(NC2=CN(Nc3ccc(S(N)(=O)=O)cc3)NN(Nc3ccc(S(N)(=O)=O)cc3)C2)cc1. The summed E-state index contributed by atoms with van der Waals surface area (Å²) in [6.07, 6.45) is 1.67. The largest absolute Gasteiger partial charge is 0.356 e. The van der Waals surface area contributed by atoms with Crippen molar-refractivity contribution < 1.29 is 25.3 Å². The van der Waals surface area contributed by atoms with E-state index in [1.807, 2.05) is 0 Å². The van der Waals surface area contributed by atoms with Crippen LogP contribution in [0.3, 0.4) is 0 Å².